The van der Waals surface area contributed by atoms with Crippen LogP contribution >= 0.6 is 0 Å². The number of hydrogen-bond acceptors (Lipinski definition) is 3. The number of ether oxygens (including phenoxy) is 2. The Morgan fingerprint density at radius 3 is 2.50 bits per heavy atom. The molecule has 3 fully saturated rings. The number of esters is 1. The normalized spacial score (nSPS) is 37.2. The lowest BCUT2D eigenvalue weighted by Gasteiger charge is -2.58. The van der Waals surface area contributed by atoms with Gasteiger partial charge in [0.2, 0.25) is 0 Å². The van der Waals surface area contributed by atoms with Crippen molar-refractivity contribution in [3.63, 3.8) is 0 Å². The summed E-state index contributed by atoms with van der Waals surface area (Å²) in [5, 5.41) is 0. The van der Waals surface area contributed by atoms with E-state index in [4.69, 9.17) is 9.47 Å². The van der Waals surface area contributed by atoms with Crippen LogP contribution in [0.5, 0.6) is 5.75 Å². The molecule has 0 aliphatic heterocycles. The van der Waals surface area contributed by atoms with Gasteiger partial charge in [-0.1, -0.05) is 58.4 Å². The molecule has 0 saturated heterocycles. The van der Waals surface area contributed by atoms with Gasteiger partial charge in [0.25, 0.3) is 0 Å². The molecule has 0 bridgehead atoms. The van der Waals surface area contributed by atoms with E-state index < -0.39 is 0 Å². The number of carbonyl (C=O) groups excluding carboxylic acids is 1. The number of benzene rings is 1. The molecular formula is C35H50O3. The van der Waals surface area contributed by atoms with Crippen LogP contribution in [0, 0.1) is 46.3 Å². The fraction of sp³-hybridized carbons (Fsp3) is 0.686. The molecule has 0 unspecified atom stereocenters. The lowest BCUT2D eigenvalue weighted by molar-refractivity contribution is -0.0565. The molecule has 3 nitrogen and oxygen atoms in total. The van der Waals surface area contributed by atoms with Crippen molar-refractivity contribution >= 4 is 5.97 Å². The topological polar surface area (TPSA) is 35.5 Å². The van der Waals surface area contributed by atoms with Gasteiger partial charge in [-0.05, 0) is 122 Å². The fourth-order valence-electron chi connectivity index (χ4n) is 9.28. The molecular weight excluding hydrogens is 468 g/mol. The molecule has 0 aromatic heterocycles. The number of methoxy groups -OCH3 is 1. The van der Waals surface area contributed by atoms with Gasteiger partial charge in [-0.15, -0.1) is 0 Å². The summed E-state index contributed by atoms with van der Waals surface area (Å²) in [5.74, 6) is 5.24. The summed E-state index contributed by atoms with van der Waals surface area (Å²) in [6, 6.07) is 7.25. The number of hydrogen-bond donors (Lipinski definition) is 0. The minimum Gasteiger partial charge on any atom is -0.497 e. The molecule has 3 saturated carbocycles. The second kappa shape index (κ2) is 10.9. The van der Waals surface area contributed by atoms with Crippen LogP contribution in [0.3, 0.4) is 0 Å². The largest absolute Gasteiger partial charge is 0.497 e. The summed E-state index contributed by atoms with van der Waals surface area (Å²) in [4.78, 5) is 12.8. The maximum absolute atomic E-state index is 12.8. The molecule has 4 aliphatic rings. The molecule has 4 aliphatic carbocycles. The predicted octanol–water partition coefficient (Wildman–Crippen LogP) is 9.04. The van der Waals surface area contributed by atoms with E-state index in [9.17, 15) is 4.79 Å². The van der Waals surface area contributed by atoms with Crippen LogP contribution in [0.15, 0.2) is 48.1 Å². The molecule has 0 heterocycles. The summed E-state index contributed by atoms with van der Waals surface area (Å²) in [6.07, 6.45) is 18.6. The Morgan fingerprint density at radius 2 is 1.79 bits per heavy atom. The third-order valence-corrected chi connectivity index (χ3v) is 11.4. The fourth-order valence-corrected chi connectivity index (χ4v) is 9.28. The zero-order chi connectivity index (χ0) is 27.1. The van der Waals surface area contributed by atoms with Crippen molar-refractivity contribution < 1.29 is 14.3 Å². The van der Waals surface area contributed by atoms with Gasteiger partial charge in [-0.25, -0.2) is 4.79 Å². The summed E-state index contributed by atoms with van der Waals surface area (Å²) < 4.78 is 11.2. The third kappa shape index (κ3) is 5.00. The second-order valence-corrected chi connectivity index (χ2v) is 13.9. The van der Waals surface area contributed by atoms with Gasteiger partial charge in [0.15, 0.2) is 0 Å². The van der Waals surface area contributed by atoms with Gasteiger partial charge in [0.1, 0.15) is 11.9 Å². The average molecular weight is 519 g/mol. The highest BCUT2D eigenvalue weighted by Crippen LogP contribution is 2.67. The van der Waals surface area contributed by atoms with E-state index in [1.165, 1.54) is 38.5 Å². The van der Waals surface area contributed by atoms with E-state index in [1.807, 2.05) is 12.1 Å². The molecule has 3 heteroatoms. The van der Waals surface area contributed by atoms with Crippen LogP contribution < -0.4 is 4.74 Å². The van der Waals surface area contributed by atoms with Crippen LogP contribution in [0.1, 0.15) is 103 Å². The van der Waals surface area contributed by atoms with E-state index >= 15 is 0 Å². The zero-order valence-electron chi connectivity index (χ0n) is 24.7. The molecule has 0 amide bonds. The Kier molecular flexibility index (Phi) is 7.87. The van der Waals surface area contributed by atoms with Crippen molar-refractivity contribution in [3.8, 4) is 5.75 Å². The Hall–Kier alpha value is -2.03. The monoisotopic (exact) mass is 518 g/mol. The molecule has 38 heavy (non-hydrogen) atoms. The first-order chi connectivity index (χ1) is 18.2. The third-order valence-electron chi connectivity index (χ3n) is 11.4. The summed E-state index contributed by atoms with van der Waals surface area (Å²) in [6.45, 7) is 12.3. The maximum atomic E-state index is 12.8. The highest BCUT2D eigenvalue weighted by Gasteiger charge is 2.59. The first kappa shape index (κ1) is 27.5. The van der Waals surface area contributed by atoms with Crippen molar-refractivity contribution in [1.29, 1.82) is 0 Å². The molecule has 1 aromatic rings. The Bertz CT molecular complexity index is 1050. The number of fused-ring (bicyclic) bond motifs is 5. The number of allylic oxidation sites excluding steroid dienone is 3. The molecule has 0 N–H and O–H groups in total. The lowest BCUT2D eigenvalue weighted by Crippen LogP contribution is -2.51. The van der Waals surface area contributed by atoms with Gasteiger partial charge in [-0.2, -0.15) is 0 Å². The van der Waals surface area contributed by atoms with E-state index in [1.54, 1.807) is 24.8 Å². The predicted molar refractivity (Wildman–Crippen MR) is 155 cm³/mol. The summed E-state index contributed by atoms with van der Waals surface area (Å²) >= 11 is 0. The van der Waals surface area contributed by atoms with E-state index in [-0.39, 0.29) is 17.5 Å². The van der Waals surface area contributed by atoms with Crippen molar-refractivity contribution in [1.82, 2.24) is 0 Å². The highest BCUT2D eigenvalue weighted by atomic mass is 16.5. The Morgan fingerprint density at radius 1 is 1.03 bits per heavy atom. The first-order valence-corrected chi connectivity index (χ1v) is 15.4. The molecule has 1 aromatic carbocycles. The minimum absolute atomic E-state index is 0.0105. The molecule has 0 spiro atoms. The van der Waals surface area contributed by atoms with Crippen molar-refractivity contribution in [2.24, 2.45) is 46.3 Å². The number of carbonyl (C=O) groups is 1. The van der Waals surface area contributed by atoms with Crippen molar-refractivity contribution in [3.05, 3.63) is 53.6 Å². The van der Waals surface area contributed by atoms with Gasteiger partial charge in [-0.3, -0.25) is 0 Å². The van der Waals surface area contributed by atoms with E-state index in [0.717, 1.165) is 54.6 Å². The molecule has 8 atom stereocenters. The van der Waals surface area contributed by atoms with Crippen molar-refractivity contribution in [2.75, 3.05) is 7.11 Å². The van der Waals surface area contributed by atoms with Crippen LogP contribution in [-0.2, 0) is 4.74 Å². The second-order valence-electron chi connectivity index (χ2n) is 13.9. The summed E-state index contributed by atoms with van der Waals surface area (Å²) in [7, 11) is 1.64. The van der Waals surface area contributed by atoms with Crippen LogP contribution in [0.2, 0.25) is 0 Å². The number of rotatable bonds is 7. The van der Waals surface area contributed by atoms with Crippen LogP contribution in [0.4, 0.5) is 0 Å². The van der Waals surface area contributed by atoms with Gasteiger partial charge >= 0.3 is 5.97 Å². The van der Waals surface area contributed by atoms with Crippen LogP contribution in [0.25, 0.3) is 0 Å². The standard InChI is InChI=1S/C35H50O3/c1-23(2)8-7-9-24(3)30-16-17-31-29-15-12-26-22-28(38-33(36)25-10-13-27(37-6)14-11-25)18-20-34(26,4)32(29)19-21-35(30,31)5/h7,9-14,23-24,28-32H,8,15-22H2,1-6H3/b9-7-/t24-,28+,29+,30-,31+,32+,34+,35-/m1/s1. The van der Waals surface area contributed by atoms with Gasteiger partial charge in [0.05, 0.1) is 12.7 Å². The van der Waals surface area contributed by atoms with Gasteiger partial charge < -0.3 is 9.47 Å². The quantitative estimate of drug-likeness (QED) is 0.267. The highest BCUT2D eigenvalue weighted by molar-refractivity contribution is 5.89. The van der Waals surface area contributed by atoms with E-state index in [2.05, 4.69) is 52.8 Å². The first-order valence-electron chi connectivity index (χ1n) is 15.4. The SMILES string of the molecule is COc1ccc(C(=O)O[C@H]2CC[C@@]3(C)C(=CC[C@H]4[C@@H]5CC[C@H]([C@H](C)/C=C\CC(C)C)[C@@]5(C)CC[C@@H]43)C2)cc1. The lowest BCUT2D eigenvalue weighted by atomic mass is 9.47. The smallest absolute Gasteiger partial charge is 0.338 e. The average Bonchev–Trinajstić information content (AvgIpc) is 3.26. The Balaban J connectivity index is 1.25. The zero-order valence-corrected chi connectivity index (χ0v) is 24.7. The maximum Gasteiger partial charge on any atom is 0.338 e. The van der Waals surface area contributed by atoms with Crippen molar-refractivity contribution in [2.45, 2.75) is 98.5 Å². The van der Waals surface area contributed by atoms with Crippen LogP contribution in [-0.4, -0.2) is 19.2 Å². The molecule has 208 valence electrons. The summed E-state index contributed by atoms with van der Waals surface area (Å²) in [5.41, 5.74) is 2.93. The Labute approximate surface area is 231 Å². The molecule has 5 rings (SSSR count). The minimum atomic E-state index is -0.211. The van der Waals surface area contributed by atoms with Gasteiger partial charge in [0, 0.05) is 6.42 Å². The molecule has 0 radical (unpaired) electrons. The van der Waals surface area contributed by atoms with E-state index in [0.29, 0.717) is 16.9 Å².